The zero-order valence-electron chi connectivity index (χ0n) is 13.2. The average Bonchev–Trinajstić information content (AvgIpc) is 2.50. The van der Waals surface area contributed by atoms with E-state index in [9.17, 15) is 20.0 Å². The molecule has 0 bridgehead atoms. The van der Waals surface area contributed by atoms with Crippen molar-refractivity contribution in [2.24, 2.45) is 0 Å². The number of hydrogen-bond donors (Lipinski definition) is 2. The van der Waals surface area contributed by atoms with Gasteiger partial charge in [-0.2, -0.15) is 0 Å². The molecule has 0 atom stereocenters. The lowest BCUT2D eigenvalue weighted by Crippen LogP contribution is -2.14. The van der Waals surface area contributed by atoms with Gasteiger partial charge in [-0.25, -0.2) is 0 Å². The zero-order valence-corrected chi connectivity index (χ0v) is 13.2. The van der Waals surface area contributed by atoms with Gasteiger partial charge in [0.1, 0.15) is 5.75 Å². The van der Waals surface area contributed by atoms with Gasteiger partial charge < -0.3 is 10.4 Å². The first-order valence-corrected chi connectivity index (χ1v) is 7.19. The number of aryl methyl sites for hydroxylation is 1. The fourth-order valence-electron chi connectivity index (χ4n) is 2.25. The minimum absolute atomic E-state index is 0.0990. The Hall–Kier alpha value is -2.89. The molecular weight excluding hydrogens is 296 g/mol. The highest BCUT2D eigenvalue weighted by Gasteiger charge is 2.15. The van der Waals surface area contributed by atoms with Crippen LogP contribution in [0.1, 0.15) is 41.3 Å². The van der Waals surface area contributed by atoms with E-state index in [1.807, 2.05) is 13.8 Å². The quantitative estimate of drug-likeness (QED) is 0.507. The molecule has 2 rings (SSSR count). The molecule has 0 saturated heterocycles. The molecule has 0 fully saturated rings. The van der Waals surface area contributed by atoms with Crippen molar-refractivity contribution in [2.75, 3.05) is 5.32 Å². The number of carbonyl (C=O) groups excluding carboxylic acids is 1. The summed E-state index contributed by atoms with van der Waals surface area (Å²) in [5, 5.41) is 23.4. The molecule has 0 aromatic heterocycles. The van der Waals surface area contributed by atoms with Crippen molar-refractivity contribution in [3.8, 4) is 5.75 Å². The van der Waals surface area contributed by atoms with Crippen LogP contribution in [0, 0.1) is 17.0 Å². The summed E-state index contributed by atoms with van der Waals surface area (Å²) < 4.78 is 0. The van der Waals surface area contributed by atoms with Gasteiger partial charge in [-0.3, -0.25) is 14.9 Å². The molecule has 0 aliphatic rings. The van der Waals surface area contributed by atoms with E-state index in [1.54, 1.807) is 19.1 Å². The number of aromatic hydroxyl groups is 1. The van der Waals surface area contributed by atoms with Gasteiger partial charge in [0.15, 0.2) is 0 Å². The van der Waals surface area contributed by atoms with Gasteiger partial charge in [0.05, 0.1) is 4.92 Å². The Morgan fingerprint density at radius 3 is 2.57 bits per heavy atom. The van der Waals surface area contributed by atoms with Crippen LogP contribution >= 0.6 is 0 Å². The lowest BCUT2D eigenvalue weighted by Gasteiger charge is -2.16. The zero-order chi connectivity index (χ0) is 17.1. The third-order valence-corrected chi connectivity index (χ3v) is 3.56. The Bertz CT molecular complexity index is 769. The maximum absolute atomic E-state index is 12.4. The third-order valence-electron chi connectivity index (χ3n) is 3.56. The summed E-state index contributed by atoms with van der Waals surface area (Å²) in [7, 11) is 0. The molecule has 0 radical (unpaired) electrons. The van der Waals surface area contributed by atoms with E-state index in [0.29, 0.717) is 11.3 Å². The van der Waals surface area contributed by atoms with Gasteiger partial charge in [-0.05, 0) is 42.2 Å². The number of anilines is 1. The first kappa shape index (κ1) is 16.5. The molecule has 120 valence electrons. The first-order valence-electron chi connectivity index (χ1n) is 7.19. The van der Waals surface area contributed by atoms with Crippen LogP contribution in [0.4, 0.5) is 11.4 Å². The summed E-state index contributed by atoms with van der Waals surface area (Å²) in [6.07, 6.45) is 0. The smallest absolute Gasteiger partial charge is 0.270 e. The molecule has 0 aliphatic carbocycles. The van der Waals surface area contributed by atoms with Gasteiger partial charge in [-0.1, -0.05) is 19.9 Å². The van der Waals surface area contributed by atoms with Crippen molar-refractivity contribution in [3.63, 3.8) is 0 Å². The maximum Gasteiger partial charge on any atom is 0.270 e. The van der Waals surface area contributed by atoms with Crippen LogP contribution in [0.15, 0.2) is 36.4 Å². The number of nitro groups is 1. The van der Waals surface area contributed by atoms with Crippen LogP contribution < -0.4 is 5.32 Å². The number of benzene rings is 2. The number of rotatable bonds is 4. The van der Waals surface area contributed by atoms with Gasteiger partial charge in [0.25, 0.3) is 11.6 Å². The number of nitro benzene ring substituents is 1. The van der Waals surface area contributed by atoms with E-state index in [2.05, 4.69) is 5.32 Å². The molecule has 2 N–H and O–H groups in total. The lowest BCUT2D eigenvalue weighted by molar-refractivity contribution is -0.384. The molecule has 0 heterocycles. The second-order valence-electron chi connectivity index (χ2n) is 5.64. The van der Waals surface area contributed by atoms with Crippen molar-refractivity contribution in [3.05, 3.63) is 63.2 Å². The van der Waals surface area contributed by atoms with E-state index in [-0.39, 0.29) is 22.9 Å². The molecule has 0 saturated carbocycles. The predicted octanol–water partition coefficient (Wildman–Crippen LogP) is 3.98. The van der Waals surface area contributed by atoms with Gasteiger partial charge in [-0.15, -0.1) is 0 Å². The highest BCUT2D eigenvalue weighted by atomic mass is 16.6. The van der Waals surface area contributed by atoms with Crippen molar-refractivity contribution >= 4 is 17.3 Å². The largest absolute Gasteiger partial charge is 0.508 e. The van der Waals surface area contributed by atoms with Crippen LogP contribution in [-0.4, -0.2) is 15.9 Å². The second-order valence-corrected chi connectivity index (χ2v) is 5.64. The summed E-state index contributed by atoms with van der Waals surface area (Å²) >= 11 is 0. The number of phenols is 1. The van der Waals surface area contributed by atoms with Crippen LogP contribution in [0.25, 0.3) is 0 Å². The number of nitrogens with zero attached hydrogens (tertiary/aromatic N) is 1. The van der Waals surface area contributed by atoms with E-state index >= 15 is 0 Å². The van der Waals surface area contributed by atoms with Gasteiger partial charge >= 0.3 is 0 Å². The van der Waals surface area contributed by atoms with Crippen molar-refractivity contribution in [1.29, 1.82) is 0 Å². The van der Waals surface area contributed by atoms with E-state index in [0.717, 1.165) is 5.56 Å². The molecule has 23 heavy (non-hydrogen) atoms. The Labute approximate surface area is 133 Å². The summed E-state index contributed by atoms with van der Waals surface area (Å²) in [5.74, 6) is -0.162. The minimum Gasteiger partial charge on any atom is -0.508 e. The van der Waals surface area contributed by atoms with Gasteiger partial charge in [0, 0.05) is 23.4 Å². The summed E-state index contributed by atoms with van der Waals surface area (Å²) in [6.45, 7) is 5.64. The van der Waals surface area contributed by atoms with E-state index < -0.39 is 10.8 Å². The monoisotopic (exact) mass is 314 g/mol. The fraction of sp³-hybridized carbons (Fsp3) is 0.235. The molecule has 6 heteroatoms. The highest BCUT2D eigenvalue weighted by molar-refractivity contribution is 6.05. The molecule has 0 spiro atoms. The molecule has 6 nitrogen and oxygen atoms in total. The Kier molecular flexibility index (Phi) is 4.64. The molecule has 1 amide bonds. The molecule has 2 aromatic carbocycles. The SMILES string of the molecule is Cc1cc(NC(=O)c2cccc([N+](=O)[O-])c2)c(C(C)C)cc1O. The Morgan fingerprint density at radius 1 is 1.26 bits per heavy atom. The molecule has 0 aliphatic heterocycles. The lowest BCUT2D eigenvalue weighted by atomic mass is 9.98. The molecule has 0 unspecified atom stereocenters. The number of carbonyl (C=O) groups is 1. The predicted molar refractivity (Wildman–Crippen MR) is 88.0 cm³/mol. The van der Waals surface area contributed by atoms with E-state index in [1.165, 1.54) is 24.3 Å². The number of phenolic OH excluding ortho intramolecular Hbond substituents is 1. The summed E-state index contributed by atoms with van der Waals surface area (Å²) in [5.41, 5.74) is 2.10. The van der Waals surface area contributed by atoms with E-state index in [4.69, 9.17) is 0 Å². The van der Waals surface area contributed by atoms with Crippen molar-refractivity contribution in [1.82, 2.24) is 0 Å². The Balaban J connectivity index is 2.35. The normalized spacial score (nSPS) is 10.6. The summed E-state index contributed by atoms with van der Waals surface area (Å²) in [4.78, 5) is 22.6. The van der Waals surface area contributed by atoms with Crippen LogP contribution in [-0.2, 0) is 0 Å². The van der Waals surface area contributed by atoms with Crippen molar-refractivity contribution < 1.29 is 14.8 Å². The molecular formula is C17H18N2O4. The van der Waals surface area contributed by atoms with Crippen LogP contribution in [0.2, 0.25) is 0 Å². The highest BCUT2D eigenvalue weighted by Crippen LogP contribution is 2.31. The number of amides is 1. The first-order chi connectivity index (χ1) is 10.8. The average molecular weight is 314 g/mol. The standard InChI is InChI=1S/C17H18N2O4/c1-10(2)14-9-16(20)11(3)7-15(14)18-17(21)12-5-4-6-13(8-12)19(22)23/h4-10,20H,1-3H3,(H,18,21). The van der Waals surface area contributed by atoms with Crippen LogP contribution in [0.5, 0.6) is 5.75 Å². The second kappa shape index (κ2) is 6.48. The number of non-ortho nitro benzene ring substituents is 1. The topological polar surface area (TPSA) is 92.5 Å². The van der Waals surface area contributed by atoms with Gasteiger partial charge in [0.2, 0.25) is 0 Å². The molecule has 2 aromatic rings. The van der Waals surface area contributed by atoms with Crippen LogP contribution in [0.3, 0.4) is 0 Å². The Morgan fingerprint density at radius 2 is 1.96 bits per heavy atom. The fourth-order valence-corrected chi connectivity index (χ4v) is 2.25. The maximum atomic E-state index is 12.4. The minimum atomic E-state index is -0.541. The number of nitrogens with one attached hydrogen (secondary N) is 1. The van der Waals surface area contributed by atoms with Crippen molar-refractivity contribution in [2.45, 2.75) is 26.7 Å². The third kappa shape index (κ3) is 3.66. The number of hydrogen-bond acceptors (Lipinski definition) is 4. The summed E-state index contributed by atoms with van der Waals surface area (Å²) in [6, 6.07) is 8.88.